The second kappa shape index (κ2) is 5.75. The van der Waals surface area contributed by atoms with Gasteiger partial charge in [0, 0.05) is 12.6 Å². The Morgan fingerprint density at radius 1 is 1.16 bits per heavy atom. The average Bonchev–Trinajstić information content (AvgIpc) is 2.36. The highest BCUT2D eigenvalue weighted by Gasteiger charge is 2.08. The molecule has 6 heteroatoms. The zero-order valence-electron chi connectivity index (χ0n) is 9.55. The molecular weight excluding hydrogens is 340 g/mol. The summed E-state index contributed by atoms with van der Waals surface area (Å²) in [4.78, 5) is 0. The summed E-state index contributed by atoms with van der Waals surface area (Å²) in [6, 6.07) is 6.76. The molecule has 0 unspecified atom stereocenters. The summed E-state index contributed by atoms with van der Waals surface area (Å²) in [5.74, 6) is -1.13. The molecule has 0 aliphatic heterocycles. The second-order valence-corrected chi connectivity index (χ2v) is 5.15. The minimum atomic E-state index is -0.557. The van der Waals surface area contributed by atoms with Gasteiger partial charge in [-0.15, -0.1) is 0 Å². The van der Waals surface area contributed by atoms with Crippen LogP contribution in [0.3, 0.4) is 0 Å². The monoisotopic (exact) mass is 347 g/mol. The maximum atomic E-state index is 13.6. The molecule has 19 heavy (non-hydrogen) atoms. The number of phenols is 1. The minimum absolute atomic E-state index is 0.0220. The molecule has 2 rings (SSSR count). The number of rotatable bonds is 3. The van der Waals surface area contributed by atoms with E-state index in [1.165, 1.54) is 6.07 Å². The van der Waals surface area contributed by atoms with Crippen molar-refractivity contribution in [2.45, 2.75) is 6.54 Å². The van der Waals surface area contributed by atoms with E-state index in [9.17, 15) is 13.9 Å². The van der Waals surface area contributed by atoms with Crippen LogP contribution in [0.1, 0.15) is 5.56 Å². The molecule has 2 aromatic carbocycles. The lowest BCUT2D eigenvalue weighted by atomic mass is 10.2. The highest BCUT2D eigenvalue weighted by Crippen LogP contribution is 2.26. The molecule has 0 amide bonds. The van der Waals surface area contributed by atoms with Gasteiger partial charge in [-0.2, -0.15) is 0 Å². The standard InChI is InChI=1S/C13H9BrClF2NO/c14-8-4-11(17)12(5-10(8)16)18-6-7-1-2-13(19)9(15)3-7/h1-5,18-19H,6H2. The quantitative estimate of drug-likeness (QED) is 0.788. The molecule has 0 fully saturated rings. The summed E-state index contributed by atoms with van der Waals surface area (Å²) in [7, 11) is 0. The van der Waals surface area contributed by atoms with Crippen LogP contribution < -0.4 is 5.32 Å². The molecular formula is C13H9BrClF2NO. The number of aromatic hydroxyl groups is 1. The normalized spacial score (nSPS) is 10.5. The lowest BCUT2D eigenvalue weighted by Crippen LogP contribution is -2.02. The highest BCUT2D eigenvalue weighted by molar-refractivity contribution is 9.10. The first kappa shape index (κ1) is 14.1. The van der Waals surface area contributed by atoms with E-state index in [4.69, 9.17) is 11.6 Å². The topological polar surface area (TPSA) is 32.3 Å². The minimum Gasteiger partial charge on any atom is -0.506 e. The molecule has 0 heterocycles. The summed E-state index contributed by atoms with van der Waals surface area (Å²) in [5, 5.41) is 12.3. The zero-order valence-corrected chi connectivity index (χ0v) is 11.9. The molecule has 0 spiro atoms. The van der Waals surface area contributed by atoms with Gasteiger partial charge in [-0.1, -0.05) is 17.7 Å². The summed E-state index contributed by atoms with van der Waals surface area (Å²) in [6.07, 6.45) is 0. The number of hydrogen-bond acceptors (Lipinski definition) is 2. The molecule has 100 valence electrons. The van der Waals surface area contributed by atoms with Crippen LogP contribution in [0.5, 0.6) is 5.75 Å². The fraction of sp³-hybridized carbons (Fsp3) is 0.0769. The summed E-state index contributed by atoms with van der Waals surface area (Å²) < 4.78 is 26.9. The SMILES string of the molecule is Oc1ccc(CNc2cc(F)c(Br)cc2F)cc1Cl. The van der Waals surface area contributed by atoms with E-state index >= 15 is 0 Å². The maximum Gasteiger partial charge on any atom is 0.147 e. The van der Waals surface area contributed by atoms with Crippen molar-refractivity contribution in [1.82, 2.24) is 0 Å². The molecule has 2 N–H and O–H groups in total. The van der Waals surface area contributed by atoms with E-state index in [0.717, 1.165) is 17.7 Å². The van der Waals surface area contributed by atoms with Gasteiger partial charge in [0.15, 0.2) is 0 Å². The van der Waals surface area contributed by atoms with Crippen LogP contribution >= 0.6 is 27.5 Å². The van der Waals surface area contributed by atoms with Crippen LogP contribution in [0.2, 0.25) is 5.02 Å². The van der Waals surface area contributed by atoms with Crippen molar-refractivity contribution in [3.05, 3.63) is 57.0 Å². The number of nitrogens with one attached hydrogen (secondary N) is 1. The fourth-order valence-corrected chi connectivity index (χ4v) is 2.03. The Morgan fingerprint density at radius 3 is 2.58 bits per heavy atom. The van der Waals surface area contributed by atoms with Gasteiger partial charge in [0.25, 0.3) is 0 Å². The summed E-state index contributed by atoms with van der Waals surface area (Å²) >= 11 is 8.66. The number of phenolic OH excluding ortho intramolecular Hbond substituents is 1. The van der Waals surface area contributed by atoms with Gasteiger partial charge in [-0.25, -0.2) is 8.78 Å². The van der Waals surface area contributed by atoms with E-state index < -0.39 is 11.6 Å². The van der Waals surface area contributed by atoms with Crippen molar-refractivity contribution < 1.29 is 13.9 Å². The lowest BCUT2D eigenvalue weighted by Gasteiger charge is -2.09. The predicted octanol–water partition coefficient (Wildman–Crippen LogP) is 4.70. The third kappa shape index (κ3) is 3.36. The van der Waals surface area contributed by atoms with E-state index in [0.29, 0.717) is 0 Å². The molecule has 2 nitrogen and oxygen atoms in total. The third-order valence-corrected chi connectivity index (χ3v) is 3.42. The van der Waals surface area contributed by atoms with Crippen molar-refractivity contribution in [2.75, 3.05) is 5.32 Å². The van der Waals surface area contributed by atoms with E-state index in [2.05, 4.69) is 21.2 Å². The molecule has 0 saturated heterocycles. The molecule has 0 saturated carbocycles. The van der Waals surface area contributed by atoms with Gasteiger partial charge >= 0.3 is 0 Å². The third-order valence-electron chi connectivity index (χ3n) is 2.51. The van der Waals surface area contributed by atoms with Gasteiger partial charge in [-0.3, -0.25) is 0 Å². The van der Waals surface area contributed by atoms with Crippen LogP contribution in [0.4, 0.5) is 14.5 Å². The molecule has 0 aromatic heterocycles. The maximum absolute atomic E-state index is 13.6. The highest BCUT2D eigenvalue weighted by atomic mass is 79.9. The largest absolute Gasteiger partial charge is 0.506 e. The molecule has 0 atom stereocenters. The number of hydrogen-bond donors (Lipinski definition) is 2. The van der Waals surface area contributed by atoms with Crippen molar-refractivity contribution >= 4 is 33.2 Å². The molecule has 0 aliphatic carbocycles. The average molecular weight is 349 g/mol. The molecule has 0 aliphatic rings. The number of halogens is 4. The van der Waals surface area contributed by atoms with Crippen LogP contribution in [0.15, 0.2) is 34.8 Å². The van der Waals surface area contributed by atoms with Gasteiger partial charge in [0.05, 0.1) is 15.2 Å². The van der Waals surface area contributed by atoms with Crippen molar-refractivity contribution in [3.8, 4) is 5.75 Å². The van der Waals surface area contributed by atoms with Crippen LogP contribution in [-0.2, 0) is 6.54 Å². The van der Waals surface area contributed by atoms with Crippen LogP contribution in [0.25, 0.3) is 0 Å². The van der Waals surface area contributed by atoms with Crippen molar-refractivity contribution in [2.24, 2.45) is 0 Å². The van der Waals surface area contributed by atoms with Gasteiger partial charge < -0.3 is 10.4 Å². The Hall–Kier alpha value is -1.33. The first-order chi connectivity index (χ1) is 8.97. The van der Waals surface area contributed by atoms with E-state index in [1.54, 1.807) is 12.1 Å². The Bertz CT molecular complexity index is 622. The second-order valence-electron chi connectivity index (χ2n) is 3.89. The van der Waals surface area contributed by atoms with Gasteiger partial charge in [0.1, 0.15) is 17.4 Å². The van der Waals surface area contributed by atoms with Crippen LogP contribution in [-0.4, -0.2) is 5.11 Å². The zero-order chi connectivity index (χ0) is 14.0. The Morgan fingerprint density at radius 2 is 1.89 bits per heavy atom. The smallest absolute Gasteiger partial charge is 0.147 e. The fourth-order valence-electron chi connectivity index (χ4n) is 1.52. The lowest BCUT2D eigenvalue weighted by molar-refractivity contribution is 0.475. The summed E-state index contributed by atoms with van der Waals surface area (Å²) in [6.45, 7) is 0.262. The number of benzene rings is 2. The van der Waals surface area contributed by atoms with Crippen molar-refractivity contribution in [1.29, 1.82) is 0 Å². The van der Waals surface area contributed by atoms with E-state index in [1.807, 2.05) is 0 Å². The number of anilines is 1. The molecule has 0 radical (unpaired) electrons. The Labute approximate surface area is 122 Å². The first-order valence-electron chi connectivity index (χ1n) is 5.33. The Balaban J connectivity index is 2.14. The van der Waals surface area contributed by atoms with E-state index in [-0.39, 0.29) is 27.5 Å². The first-order valence-corrected chi connectivity index (χ1v) is 6.50. The van der Waals surface area contributed by atoms with Crippen molar-refractivity contribution in [3.63, 3.8) is 0 Å². The molecule has 2 aromatic rings. The van der Waals surface area contributed by atoms with Gasteiger partial charge in [0.2, 0.25) is 0 Å². The van der Waals surface area contributed by atoms with Crippen LogP contribution in [0, 0.1) is 11.6 Å². The molecule has 0 bridgehead atoms. The van der Waals surface area contributed by atoms with Gasteiger partial charge in [-0.05, 0) is 39.7 Å². The Kier molecular flexibility index (Phi) is 4.27. The predicted molar refractivity (Wildman–Crippen MR) is 74.5 cm³/mol. The summed E-state index contributed by atoms with van der Waals surface area (Å²) in [5.41, 5.74) is 0.801.